The van der Waals surface area contributed by atoms with E-state index in [0.717, 1.165) is 36.1 Å². The molecular weight excluding hydrogens is 254 g/mol. The van der Waals surface area contributed by atoms with E-state index in [4.69, 9.17) is 9.47 Å². The van der Waals surface area contributed by atoms with Gasteiger partial charge < -0.3 is 14.6 Å². The minimum atomic E-state index is -0.414. The fourth-order valence-corrected chi connectivity index (χ4v) is 3.19. The normalized spacial score (nSPS) is 18.9. The van der Waals surface area contributed by atoms with E-state index >= 15 is 0 Å². The highest BCUT2D eigenvalue weighted by molar-refractivity contribution is 5.75. The number of hydrogen-bond donors (Lipinski definition) is 1. The van der Waals surface area contributed by atoms with Crippen LogP contribution in [-0.4, -0.2) is 17.2 Å². The lowest BCUT2D eigenvalue weighted by Gasteiger charge is -2.28. The Morgan fingerprint density at radius 1 is 1.35 bits per heavy atom. The lowest BCUT2D eigenvalue weighted by molar-refractivity contribution is -0.0586. The molecule has 0 saturated carbocycles. The third-order valence-corrected chi connectivity index (χ3v) is 4.09. The summed E-state index contributed by atoms with van der Waals surface area (Å²) >= 11 is 0. The van der Waals surface area contributed by atoms with Crippen molar-refractivity contribution >= 4 is 0 Å². The number of rotatable bonds is 1. The van der Waals surface area contributed by atoms with Crippen molar-refractivity contribution in [1.29, 1.82) is 0 Å². The van der Waals surface area contributed by atoms with Crippen LogP contribution in [0.3, 0.4) is 0 Å². The SMILES string of the molecule is CO[C@H]1Oc2ccc(O)cc2-c2ncc3c(c21)CCC3. The Bertz CT molecular complexity index is 696. The van der Waals surface area contributed by atoms with Gasteiger partial charge in [0.1, 0.15) is 11.5 Å². The number of phenols is 1. The second-order valence-corrected chi connectivity index (χ2v) is 5.24. The lowest BCUT2D eigenvalue weighted by Crippen LogP contribution is -2.19. The zero-order valence-corrected chi connectivity index (χ0v) is 11.2. The van der Waals surface area contributed by atoms with Gasteiger partial charge in [-0.1, -0.05) is 0 Å². The molecule has 0 saturated heterocycles. The zero-order valence-electron chi connectivity index (χ0n) is 11.2. The van der Waals surface area contributed by atoms with Crippen LogP contribution in [0.15, 0.2) is 24.4 Å². The first-order valence-corrected chi connectivity index (χ1v) is 6.81. The number of benzene rings is 1. The first-order chi connectivity index (χ1) is 9.78. The largest absolute Gasteiger partial charge is 0.508 e. The Hall–Kier alpha value is -2.07. The van der Waals surface area contributed by atoms with E-state index in [-0.39, 0.29) is 5.75 Å². The highest BCUT2D eigenvalue weighted by Crippen LogP contribution is 2.46. The Morgan fingerprint density at radius 2 is 2.25 bits per heavy atom. The quantitative estimate of drug-likeness (QED) is 0.864. The zero-order chi connectivity index (χ0) is 13.7. The van der Waals surface area contributed by atoms with Gasteiger partial charge in [0.15, 0.2) is 0 Å². The summed E-state index contributed by atoms with van der Waals surface area (Å²) in [5, 5.41) is 9.72. The van der Waals surface area contributed by atoms with Crippen LogP contribution in [-0.2, 0) is 17.6 Å². The summed E-state index contributed by atoms with van der Waals surface area (Å²) in [7, 11) is 1.65. The number of nitrogens with zero attached hydrogens (tertiary/aromatic N) is 1. The number of hydrogen-bond acceptors (Lipinski definition) is 4. The minimum Gasteiger partial charge on any atom is -0.508 e. The van der Waals surface area contributed by atoms with Gasteiger partial charge in [-0.3, -0.25) is 4.98 Å². The maximum absolute atomic E-state index is 9.72. The number of aromatic hydroxyl groups is 1. The van der Waals surface area contributed by atoms with Crippen molar-refractivity contribution in [2.75, 3.05) is 7.11 Å². The van der Waals surface area contributed by atoms with Gasteiger partial charge in [-0.15, -0.1) is 0 Å². The monoisotopic (exact) mass is 269 g/mol. The maximum atomic E-state index is 9.72. The molecule has 0 bridgehead atoms. The molecule has 1 aliphatic heterocycles. The molecule has 0 fully saturated rings. The average Bonchev–Trinajstić information content (AvgIpc) is 2.94. The van der Waals surface area contributed by atoms with Crippen molar-refractivity contribution in [3.05, 3.63) is 41.1 Å². The fraction of sp³-hybridized carbons (Fsp3) is 0.312. The summed E-state index contributed by atoms with van der Waals surface area (Å²) in [5.41, 5.74) is 5.33. The highest BCUT2D eigenvalue weighted by atomic mass is 16.7. The van der Waals surface area contributed by atoms with Gasteiger partial charge in [0, 0.05) is 18.9 Å². The molecule has 2 aliphatic rings. The van der Waals surface area contributed by atoms with E-state index < -0.39 is 6.29 Å². The van der Waals surface area contributed by atoms with Crippen LogP contribution < -0.4 is 4.74 Å². The van der Waals surface area contributed by atoms with Crippen LogP contribution in [0.5, 0.6) is 11.5 Å². The summed E-state index contributed by atoms with van der Waals surface area (Å²) in [4.78, 5) is 4.60. The molecule has 2 heterocycles. The maximum Gasteiger partial charge on any atom is 0.228 e. The van der Waals surface area contributed by atoms with E-state index in [9.17, 15) is 5.11 Å². The van der Waals surface area contributed by atoms with Crippen LogP contribution in [0, 0.1) is 0 Å². The number of methoxy groups -OCH3 is 1. The van der Waals surface area contributed by atoms with Crippen molar-refractivity contribution in [1.82, 2.24) is 4.98 Å². The first-order valence-electron chi connectivity index (χ1n) is 6.81. The average molecular weight is 269 g/mol. The molecule has 102 valence electrons. The van der Waals surface area contributed by atoms with Gasteiger partial charge in [0.25, 0.3) is 0 Å². The molecule has 1 N–H and O–H groups in total. The molecule has 1 aromatic heterocycles. The molecule has 4 heteroatoms. The van der Waals surface area contributed by atoms with E-state index in [0.29, 0.717) is 5.75 Å². The molecule has 0 unspecified atom stereocenters. The topological polar surface area (TPSA) is 51.6 Å². The van der Waals surface area contributed by atoms with Crippen molar-refractivity contribution in [2.45, 2.75) is 25.6 Å². The predicted molar refractivity (Wildman–Crippen MR) is 73.7 cm³/mol. The molecule has 0 spiro atoms. The molecule has 0 radical (unpaired) electrons. The number of fused-ring (bicyclic) bond motifs is 5. The van der Waals surface area contributed by atoms with E-state index in [1.807, 2.05) is 6.20 Å². The number of ether oxygens (including phenoxy) is 2. The summed E-state index contributed by atoms with van der Waals surface area (Å²) in [6, 6.07) is 5.08. The van der Waals surface area contributed by atoms with Crippen LogP contribution in [0.25, 0.3) is 11.3 Å². The van der Waals surface area contributed by atoms with E-state index in [1.54, 1.807) is 25.3 Å². The van der Waals surface area contributed by atoms with Crippen molar-refractivity contribution in [3.8, 4) is 22.8 Å². The molecule has 1 aliphatic carbocycles. The third kappa shape index (κ3) is 1.55. The molecule has 1 aromatic carbocycles. The molecular formula is C16H15NO3. The Labute approximate surface area is 117 Å². The van der Waals surface area contributed by atoms with Gasteiger partial charge in [0.05, 0.1) is 11.3 Å². The lowest BCUT2D eigenvalue weighted by atomic mass is 9.95. The van der Waals surface area contributed by atoms with E-state index in [1.165, 1.54) is 11.1 Å². The summed E-state index contributed by atoms with van der Waals surface area (Å²) in [6.07, 6.45) is 4.79. The minimum absolute atomic E-state index is 0.219. The van der Waals surface area contributed by atoms with E-state index in [2.05, 4.69) is 4.98 Å². The molecule has 4 rings (SSSR count). The second kappa shape index (κ2) is 4.21. The summed E-state index contributed by atoms with van der Waals surface area (Å²) < 4.78 is 11.4. The van der Waals surface area contributed by atoms with Gasteiger partial charge in [0.2, 0.25) is 6.29 Å². The van der Waals surface area contributed by atoms with Gasteiger partial charge in [-0.25, -0.2) is 0 Å². The molecule has 4 nitrogen and oxygen atoms in total. The van der Waals surface area contributed by atoms with Crippen molar-refractivity contribution in [3.63, 3.8) is 0 Å². The first kappa shape index (κ1) is 11.7. The number of aryl methyl sites for hydroxylation is 1. The standard InChI is InChI=1S/C16H15NO3/c1-19-16-14-11-4-2-3-9(11)8-17-15(14)12-7-10(18)5-6-13(12)20-16/h5-8,16,18H,2-4H2,1H3/t16-/m0/s1. The molecule has 0 amide bonds. The number of aromatic nitrogens is 1. The van der Waals surface area contributed by atoms with Gasteiger partial charge in [-0.2, -0.15) is 0 Å². The summed E-state index contributed by atoms with van der Waals surface area (Å²) in [6.45, 7) is 0. The van der Waals surface area contributed by atoms with Gasteiger partial charge >= 0.3 is 0 Å². The highest BCUT2D eigenvalue weighted by Gasteiger charge is 2.32. The van der Waals surface area contributed by atoms with Crippen LogP contribution in [0.4, 0.5) is 0 Å². The smallest absolute Gasteiger partial charge is 0.228 e. The van der Waals surface area contributed by atoms with Crippen molar-refractivity contribution in [2.24, 2.45) is 0 Å². The van der Waals surface area contributed by atoms with Gasteiger partial charge in [-0.05, 0) is 48.6 Å². The Balaban J connectivity index is 2.00. The second-order valence-electron chi connectivity index (χ2n) is 5.24. The van der Waals surface area contributed by atoms with Crippen LogP contribution in [0.1, 0.15) is 29.4 Å². The Morgan fingerprint density at radius 3 is 3.10 bits per heavy atom. The van der Waals surface area contributed by atoms with Crippen molar-refractivity contribution < 1.29 is 14.6 Å². The van der Waals surface area contributed by atoms with Crippen LogP contribution >= 0.6 is 0 Å². The summed E-state index contributed by atoms with van der Waals surface area (Å²) in [5.74, 6) is 0.920. The Kier molecular flexibility index (Phi) is 2.47. The fourth-order valence-electron chi connectivity index (χ4n) is 3.19. The predicted octanol–water partition coefficient (Wildman–Crippen LogP) is 2.98. The third-order valence-electron chi connectivity index (χ3n) is 4.09. The molecule has 1 atom stereocenters. The molecule has 20 heavy (non-hydrogen) atoms. The number of phenolic OH excluding ortho intramolecular Hbond substituents is 1. The number of pyridine rings is 1. The molecule has 2 aromatic rings. The van der Waals surface area contributed by atoms with Crippen LogP contribution in [0.2, 0.25) is 0 Å².